The van der Waals surface area contributed by atoms with Gasteiger partial charge in [0.1, 0.15) is 0 Å². The third kappa shape index (κ3) is 4.55. The summed E-state index contributed by atoms with van der Waals surface area (Å²) in [6.45, 7) is 13.0. The molecule has 0 amide bonds. The minimum absolute atomic E-state index is 0.0487. The number of rotatable bonds is 2. The second-order valence-electron chi connectivity index (χ2n) is 7.02. The van der Waals surface area contributed by atoms with Gasteiger partial charge in [-0.15, -0.1) is 0 Å². The monoisotopic (exact) mass is 260 g/mol. The molecule has 0 spiro atoms. The number of aliphatic carboxylic acids is 1. The van der Waals surface area contributed by atoms with Crippen molar-refractivity contribution in [2.75, 3.05) is 0 Å². The van der Waals surface area contributed by atoms with E-state index < -0.39 is 5.97 Å². The molecular weight excluding hydrogens is 236 g/mol. The van der Waals surface area contributed by atoms with E-state index in [2.05, 4.69) is 59.7 Å². The molecule has 0 heterocycles. The van der Waals surface area contributed by atoms with Crippen LogP contribution in [0.15, 0.2) is 24.3 Å². The highest BCUT2D eigenvalue weighted by Gasteiger charge is 2.19. The highest BCUT2D eigenvalue weighted by molar-refractivity contribution is 5.85. The van der Waals surface area contributed by atoms with Gasteiger partial charge < -0.3 is 5.11 Å². The first-order valence-corrected chi connectivity index (χ1v) is 6.57. The van der Waals surface area contributed by atoms with Gasteiger partial charge in [-0.3, -0.25) is 0 Å². The van der Waals surface area contributed by atoms with Crippen LogP contribution in [-0.2, 0) is 15.6 Å². The summed E-state index contributed by atoms with van der Waals surface area (Å²) in [5.41, 5.74) is 3.50. The van der Waals surface area contributed by atoms with Gasteiger partial charge in [0.15, 0.2) is 0 Å². The predicted octanol–water partition coefficient (Wildman–Crippen LogP) is 4.38. The molecule has 0 radical (unpaired) electrons. The zero-order valence-electron chi connectivity index (χ0n) is 12.7. The average molecular weight is 260 g/mol. The van der Waals surface area contributed by atoms with E-state index in [1.54, 1.807) is 6.08 Å². The maximum absolute atomic E-state index is 10.6. The molecule has 1 aromatic rings. The van der Waals surface area contributed by atoms with Crippen molar-refractivity contribution in [3.8, 4) is 0 Å². The molecule has 0 saturated heterocycles. The Morgan fingerprint density at radius 3 is 1.68 bits per heavy atom. The zero-order chi connectivity index (χ0) is 14.8. The van der Waals surface area contributed by atoms with E-state index in [0.29, 0.717) is 0 Å². The number of carboxylic acid groups (broad SMARTS) is 1. The zero-order valence-corrected chi connectivity index (χ0v) is 12.7. The van der Waals surface area contributed by atoms with Crippen LogP contribution in [0.2, 0.25) is 0 Å². The summed E-state index contributed by atoms with van der Waals surface area (Å²) in [7, 11) is 0. The van der Waals surface area contributed by atoms with Crippen LogP contribution in [0, 0.1) is 0 Å². The van der Waals surface area contributed by atoms with Crippen LogP contribution >= 0.6 is 0 Å². The van der Waals surface area contributed by atoms with Gasteiger partial charge in [0.25, 0.3) is 0 Å². The second kappa shape index (κ2) is 5.20. The standard InChI is InChI=1S/C17H24O2/c1-16(2,3)13-9-12(7-8-15(18)19)10-14(11-13)17(4,5)6/h7-11H,1-6H3,(H,18,19). The maximum Gasteiger partial charge on any atom is 0.328 e. The molecule has 1 N–H and O–H groups in total. The second-order valence-corrected chi connectivity index (χ2v) is 7.02. The fourth-order valence-electron chi connectivity index (χ4n) is 1.78. The van der Waals surface area contributed by atoms with E-state index in [-0.39, 0.29) is 10.8 Å². The Hall–Kier alpha value is -1.57. The van der Waals surface area contributed by atoms with Gasteiger partial charge in [-0.25, -0.2) is 4.79 Å². The minimum Gasteiger partial charge on any atom is -0.478 e. The Balaban J connectivity index is 3.37. The summed E-state index contributed by atoms with van der Waals surface area (Å²) in [6.07, 6.45) is 2.85. The lowest BCUT2D eigenvalue weighted by molar-refractivity contribution is -0.131. The summed E-state index contributed by atoms with van der Waals surface area (Å²) in [5.74, 6) is -0.918. The van der Waals surface area contributed by atoms with Crippen molar-refractivity contribution < 1.29 is 9.90 Å². The molecule has 0 aromatic heterocycles. The SMILES string of the molecule is CC(C)(C)c1cc(C=CC(=O)O)cc(C(C)(C)C)c1. The number of hydrogen-bond donors (Lipinski definition) is 1. The fourth-order valence-corrected chi connectivity index (χ4v) is 1.78. The van der Waals surface area contributed by atoms with Gasteiger partial charge in [0.05, 0.1) is 0 Å². The third-order valence-corrected chi connectivity index (χ3v) is 3.11. The van der Waals surface area contributed by atoms with Crippen molar-refractivity contribution in [2.24, 2.45) is 0 Å². The lowest BCUT2D eigenvalue weighted by Gasteiger charge is -2.25. The molecule has 0 saturated carbocycles. The lowest BCUT2D eigenvalue weighted by atomic mass is 9.79. The maximum atomic E-state index is 10.6. The Morgan fingerprint density at radius 2 is 1.37 bits per heavy atom. The van der Waals surface area contributed by atoms with Crippen molar-refractivity contribution in [1.82, 2.24) is 0 Å². The van der Waals surface area contributed by atoms with E-state index in [9.17, 15) is 4.79 Å². The fraction of sp³-hybridized carbons (Fsp3) is 0.471. The van der Waals surface area contributed by atoms with Crippen LogP contribution in [0.4, 0.5) is 0 Å². The van der Waals surface area contributed by atoms with Crippen LogP contribution in [0.1, 0.15) is 58.2 Å². The number of hydrogen-bond acceptors (Lipinski definition) is 1. The van der Waals surface area contributed by atoms with Crippen molar-refractivity contribution in [2.45, 2.75) is 52.4 Å². The number of carbonyl (C=O) groups is 1. The molecule has 0 fully saturated rings. The Labute approximate surface area is 116 Å². The van der Waals surface area contributed by atoms with Gasteiger partial charge in [-0.2, -0.15) is 0 Å². The molecule has 2 nitrogen and oxygen atoms in total. The summed E-state index contributed by atoms with van der Waals surface area (Å²) in [4.78, 5) is 10.6. The number of carboxylic acids is 1. The Kier molecular flexibility index (Phi) is 4.24. The Bertz CT molecular complexity index is 465. The summed E-state index contributed by atoms with van der Waals surface area (Å²) in [6, 6.07) is 6.35. The van der Waals surface area contributed by atoms with Gasteiger partial charge in [-0.05, 0) is 33.6 Å². The summed E-state index contributed by atoms with van der Waals surface area (Å²) >= 11 is 0. The van der Waals surface area contributed by atoms with Crippen LogP contribution in [-0.4, -0.2) is 11.1 Å². The topological polar surface area (TPSA) is 37.3 Å². The van der Waals surface area contributed by atoms with Crippen molar-refractivity contribution in [3.63, 3.8) is 0 Å². The first-order chi connectivity index (χ1) is 8.50. The molecule has 1 aromatic carbocycles. The van der Waals surface area contributed by atoms with Gasteiger partial charge >= 0.3 is 5.97 Å². The van der Waals surface area contributed by atoms with Crippen molar-refractivity contribution in [3.05, 3.63) is 41.0 Å². The molecule has 0 bridgehead atoms. The molecule has 1 rings (SSSR count). The quantitative estimate of drug-likeness (QED) is 0.801. The first-order valence-electron chi connectivity index (χ1n) is 6.57. The van der Waals surface area contributed by atoms with Gasteiger partial charge in [0.2, 0.25) is 0 Å². The van der Waals surface area contributed by atoms with E-state index >= 15 is 0 Å². The highest BCUT2D eigenvalue weighted by Crippen LogP contribution is 2.30. The van der Waals surface area contributed by atoms with Crippen LogP contribution in [0.3, 0.4) is 0 Å². The molecule has 19 heavy (non-hydrogen) atoms. The van der Waals surface area contributed by atoms with E-state index in [1.807, 2.05) is 0 Å². The first kappa shape index (κ1) is 15.5. The van der Waals surface area contributed by atoms with E-state index in [1.165, 1.54) is 17.2 Å². The van der Waals surface area contributed by atoms with Gasteiger partial charge in [0, 0.05) is 6.08 Å². The number of benzene rings is 1. The summed E-state index contributed by atoms with van der Waals surface area (Å²) in [5, 5.41) is 8.75. The highest BCUT2D eigenvalue weighted by atomic mass is 16.4. The third-order valence-electron chi connectivity index (χ3n) is 3.11. The average Bonchev–Trinajstić information content (AvgIpc) is 2.23. The molecular formula is C17H24O2. The Morgan fingerprint density at radius 1 is 0.947 bits per heavy atom. The predicted molar refractivity (Wildman–Crippen MR) is 80.5 cm³/mol. The molecule has 0 aliphatic carbocycles. The van der Waals surface area contributed by atoms with Crippen molar-refractivity contribution in [1.29, 1.82) is 0 Å². The molecule has 2 heteroatoms. The molecule has 0 aliphatic rings. The van der Waals surface area contributed by atoms with Gasteiger partial charge in [-0.1, -0.05) is 59.7 Å². The van der Waals surface area contributed by atoms with Crippen molar-refractivity contribution >= 4 is 12.0 Å². The minimum atomic E-state index is -0.918. The molecule has 0 unspecified atom stereocenters. The molecule has 0 aliphatic heterocycles. The smallest absolute Gasteiger partial charge is 0.328 e. The largest absolute Gasteiger partial charge is 0.478 e. The molecule has 0 atom stereocenters. The van der Waals surface area contributed by atoms with Crippen LogP contribution in [0.5, 0.6) is 0 Å². The van der Waals surface area contributed by atoms with Crippen LogP contribution in [0.25, 0.3) is 6.08 Å². The van der Waals surface area contributed by atoms with E-state index in [0.717, 1.165) is 5.56 Å². The lowest BCUT2D eigenvalue weighted by Crippen LogP contribution is -2.16. The van der Waals surface area contributed by atoms with E-state index in [4.69, 9.17) is 5.11 Å². The summed E-state index contributed by atoms with van der Waals surface area (Å²) < 4.78 is 0. The molecule has 104 valence electrons. The normalized spacial score (nSPS) is 12.9. The van der Waals surface area contributed by atoms with Crippen LogP contribution < -0.4 is 0 Å².